The lowest BCUT2D eigenvalue weighted by molar-refractivity contribution is 0.0608. The van der Waals surface area contributed by atoms with E-state index < -0.39 is 0 Å². The number of rotatable bonds is 2. The van der Waals surface area contributed by atoms with Gasteiger partial charge in [0.15, 0.2) is 0 Å². The highest BCUT2D eigenvalue weighted by atomic mass is 79.9. The van der Waals surface area contributed by atoms with Gasteiger partial charge in [0.2, 0.25) is 0 Å². The van der Waals surface area contributed by atoms with Crippen molar-refractivity contribution in [3.05, 3.63) is 33.3 Å². The van der Waals surface area contributed by atoms with E-state index >= 15 is 0 Å². The molecule has 0 spiro atoms. The molecule has 0 aromatic heterocycles. The quantitative estimate of drug-likeness (QED) is 0.781. The number of carbonyl (C=O) groups excluding carboxylic acids is 1. The molecule has 1 aromatic carbocycles. The molecular weight excluding hydrogens is 314 g/mol. The first-order valence-corrected chi connectivity index (χ1v) is 7.56. The van der Waals surface area contributed by atoms with Crippen LogP contribution in [0, 0.1) is 0 Å². The van der Waals surface area contributed by atoms with Gasteiger partial charge in [-0.15, -0.1) is 0 Å². The highest BCUT2D eigenvalue weighted by Gasteiger charge is 2.26. The van der Waals surface area contributed by atoms with Crippen LogP contribution in [0.3, 0.4) is 0 Å². The Morgan fingerprint density at radius 1 is 1.50 bits per heavy atom. The van der Waals surface area contributed by atoms with Gasteiger partial charge in [-0.2, -0.15) is 0 Å². The van der Waals surface area contributed by atoms with E-state index in [-0.39, 0.29) is 5.91 Å². The molecule has 1 aliphatic rings. The molecule has 1 unspecified atom stereocenters. The van der Waals surface area contributed by atoms with Crippen LogP contribution in [0.5, 0.6) is 0 Å². The predicted octanol–water partition coefficient (Wildman–Crippen LogP) is 4.51. The lowest BCUT2D eigenvalue weighted by Gasteiger charge is -2.35. The third kappa shape index (κ3) is 2.89. The van der Waals surface area contributed by atoms with E-state index in [0.29, 0.717) is 16.6 Å². The Morgan fingerprint density at radius 3 is 2.94 bits per heavy atom. The van der Waals surface area contributed by atoms with Crippen molar-refractivity contribution in [2.45, 2.75) is 38.6 Å². The molecule has 1 aromatic rings. The lowest BCUT2D eigenvalue weighted by Crippen LogP contribution is -2.43. The first-order valence-electron chi connectivity index (χ1n) is 6.39. The van der Waals surface area contributed by atoms with Gasteiger partial charge in [0.25, 0.3) is 5.91 Å². The van der Waals surface area contributed by atoms with Gasteiger partial charge in [-0.1, -0.05) is 18.5 Å². The van der Waals surface area contributed by atoms with Gasteiger partial charge >= 0.3 is 0 Å². The molecule has 98 valence electrons. The van der Waals surface area contributed by atoms with Crippen molar-refractivity contribution in [2.24, 2.45) is 0 Å². The van der Waals surface area contributed by atoms with Crippen LogP contribution in [0.15, 0.2) is 22.7 Å². The fourth-order valence-corrected chi connectivity index (χ4v) is 2.98. The second kappa shape index (κ2) is 6.07. The van der Waals surface area contributed by atoms with Crippen LogP contribution in [0.1, 0.15) is 43.0 Å². The Hall–Kier alpha value is -0.540. The molecular formula is C14H17BrClNO. The van der Waals surface area contributed by atoms with Gasteiger partial charge in [0.1, 0.15) is 0 Å². The molecule has 1 atom stereocenters. The molecule has 0 bridgehead atoms. The number of carbonyl (C=O) groups is 1. The van der Waals surface area contributed by atoms with E-state index in [2.05, 4.69) is 22.9 Å². The zero-order valence-electron chi connectivity index (χ0n) is 10.5. The normalized spacial score (nSPS) is 19.9. The highest BCUT2D eigenvalue weighted by Crippen LogP contribution is 2.26. The van der Waals surface area contributed by atoms with Crippen molar-refractivity contribution >= 4 is 33.4 Å². The average molecular weight is 331 g/mol. The highest BCUT2D eigenvalue weighted by molar-refractivity contribution is 9.10. The van der Waals surface area contributed by atoms with Crippen LogP contribution >= 0.6 is 27.5 Å². The number of amides is 1. The zero-order valence-corrected chi connectivity index (χ0v) is 12.8. The largest absolute Gasteiger partial charge is 0.336 e. The minimum atomic E-state index is 0.124. The molecule has 0 aliphatic carbocycles. The first-order chi connectivity index (χ1) is 8.63. The zero-order chi connectivity index (χ0) is 13.1. The van der Waals surface area contributed by atoms with Gasteiger partial charge in [-0.05, 0) is 59.8 Å². The lowest BCUT2D eigenvalue weighted by atomic mass is 9.99. The number of halogens is 2. The molecule has 0 radical (unpaired) electrons. The fourth-order valence-electron chi connectivity index (χ4n) is 2.49. The third-order valence-corrected chi connectivity index (χ3v) is 4.74. The molecule has 1 saturated heterocycles. The maximum atomic E-state index is 12.5. The molecule has 2 nitrogen and oxygen atoms in total. The molecule has 0 saturated carbocycles. The topological polar surface area (TPSA) is 20.3 Å². The maximum Gasteiger partial charge on any atom is 0.254 e. The molecule has 1 amide bonds. The van der Waals surface area contributed by atoms with Gasteiger partial charge < -0.3 is 4.90 Å². The summed E-state index contributed by atoms with van der Waals surface area (Å²) >= 11 is 9.32. The number of hydrogen-bond acceptors (Lipinski definition) is 1. The van der Waals surface area contributed by atoms with E-state index in [1.165, 1.54) is 6.42 Å². The van der Waals surface area contributed by atoms with E-state index in [1.807, 2.05) is 11.0 Å². The summed E-state index contributed by atoms with van der Waals surface area (Å²) in [5.41, 5.74) is 0.714. The summed E-state index contributed by atoms with van der Waals surface area (Å²) in [5.74, 6) is 0.124. The summed E-state index contributed by atoms with van der Waals surface area (Å²) in [6.07, 6.45) is 4.49. The standard InChI is InChI=1S/C14H17BrClNO/c1-2-11-5-3-4-8-17(11)14(18)10-6-7-13(16)12(15)9-10/h6-7,9,11H,2-5,8H2,1H3. The Kier molecular flexibility index (Phi) is 4.68. The van der Waals surface area contributed by atoms with Crippen molar-refractivity contribution in [1.29, 1.82) is 0 Å². The third-order valence-electron chi connectivity index (χ3n) is 3.53. The van der Waals surface area contributed by atoms with Crippen LogP contribution in [0.2, 0.25) is 5.02 Å². The van der Waals surface area contributed by atoms with Gasteiger partial charge in [-0.3, -0.25) is 4.79 Å². The van der Waals surface area contributed by atoms with Crippen molar-refractivity contribution in [3.8, 4) is 0 Å². The first kappa shape index (κ1) is 13.9. The molecule has 0 N–H and O–H groups in total. The summed E-state index contributed by atoms with van der Waals surface area (Å²) in [7, 11) is 0. The summed E-state index contributed by atoms with van der Waals surface area (Å²) in [6.45, 7) is 3.02. The Labute approximate surface area is 121 Å². The smallest absolute Gasteiger partial charge is 0.254 e. The summed E-state index contributed by atoms with van der Waals surface area (Å²) in [6, 6.07) is 5.77. The number of likely N-dealkylation sites (tertiary alicyclic amines) is 1. The van der Waals surface area contributed by atoms with Crippen LogP contribution in [-0.4, -0.2) is 23.4 Å². The summed E-state index contributed by atoms with van der Waals surface area (Å²) in [4.78, 5) is 14.5. The Morgan fingerprint density at radius 2 is 2.28 bits per heavy atom. The van der Waals surface area contributed by atoms with Gasteiger partial charge in [0, 0.05) is 22.6 Å². The minimum absolute atomic E-state index is 0.124. The number of piperidine rings is 1. The van der Waals surface area contributed by atoms with Crippen molar-refractivity contribution in [3.63, 3.8) is 0 Å². The van der Waals surface area contributed by atoms with Crippen LogP contribution in [0.25, 0.3) is 0 Å². The van der Waals surface area contributed by atoms with E-state index in [4.69, 9.17) is 11.6 Å². The number of hydrogen-bond donors (Lipinski definition) is 0. The van der Waals surface area contributed by atoms with Crippen LogP contribution < -0.4 is 0 Å². The fraction of sp³-hybridized carbons (Fsp3) is 0.500. The second-order valence-corrected chi connectivity index (χ2v) is 5.95. The Bertz CT molecular complexity index is 449. The van der Waals surface area contributed by atoms with Gasteiger partial charge in [-0.25, -0.2) is 0 Å². The van der Waals surface area contributed by atoms with E-state index in [1.54, 1.807) is 12.1 Å². The molecule has 1 aliphatic heterocycles. The van der Waals surface area contributed by atoms with E-state index in [9.17, 15) is 4.79 Å². The number of benzene rings is 1. The minimum Gasteiger partial charge on any atom is -0.336 e. The van der Waals surface area contributed by atoms with Crippen molar-refractivity contribution < 1.29 is 4.79 Å². The summed E-state index contributed by atoms with van der Waals surface area (Å²) in [5, 5.41) is 0.636. The SMILES string of the molecule is CCC1CCCCN1C(=O)c1ccc(Cl)c(Br)c1. The van der Waals surface area contributed by atoms with Gasteiger partial charge in [0.05, 0.1) is 5.02 Å². The monoisotopic (exact) mass is 329 g/mol. The molecule has 1 fully saturated rings. The molecule has 2 rings (SSSR count). The average Bonchev–Trinajstić information content (AvgIpc) is 2.41. The van der Waals surface area contributed by atoms with Crippen LogP contribution in [0.4, 0.5) is 0 Å². The Balaban J connectivity index is 2.21. The second-order valence-electron chi connectivity index (χ2n) is 4.69. The summed E-state index contributed by atoms with van der Waals surface area (Å²) < 4.78 is 0.778. The molecule has 18 heavy (non-hydrogen) atoms. The number of nitrogens with zero attached hydrogens (tertiary/aromatic N) is 1. The predicted molar refractivity (Wildman–Crippen MR) is 78.1 cm³/mol. The van der Waals surface area contributed by atoms with Crippen molar-refractivity contribution in [1.82, 2.24) is 4.90 Å². The maximum absolute atomic E-state index is 12.5. The molecule has 4 heteroatoms. The van der Waals surface area contributed by atoms with Crippen molar-refractivity contribution in [2.75, 3.05) is 6.54 Å². The molecule has 1 heterocycles. The van der Waals surface area contributed by atoms with Crippen LogP contribution in [-0.2, 0) is 0 Å². The van der Waals surface area contributed by atoms with E-state index in [0.717, 1.165) is 30.3 Å².